The van der Waals surface area contributed by atoms with Crippen LogP contribution in [0.25, 0.3) is 0 Å². The van der Waals surface area contributed by atoms with E-state index in [1.165, 1.54) is 5.56 Å². The molecule has 2 unspecified atom stereocenters. The van der Waals surface area contributed by atoms with E-state index in [1.807, 2.05) is 24.3 Å². The molecule has 1 rings (SSSR count). The molecular weight excluding hydrogens is 224 g/mol. The Hall–Kier alpha value is -0.610. The fourth-order valence-electron chi connectivity index (χ4n) is 1.79. The monoisotopic (exact) mass is 242 g/mol. The van der Waals surface area contributed by atoms with Gasteiger partial charge < -0.3 is 4.74 Å². The van der Waals surface area contributed by atoms with E-state index in [2.05, 4.69) is 12.3 Å². The minimum Gasteiger partial charge on any atom is -0.380 e. The van der Waals surface area contributed by atoms with Gasteiger partial charge in [0.05, 0.1) is 12.1 Å². The highest BCUT2D eigenvalue weighted by Gasteiger charge is 2.18. The summed E-state index contributed by atoms with van der Waals surface area (Å²) in [4.78, 5) is 0. The summed E-state index contributed by atoms with van der Waals surface area (Å²) in [5.41, 5.74) is 4.01. The summed E-state index contributed by atoms with van der Waals surface area (Å²) in [5, 5.41) is 0.750. The summed E-state index contributed by atoms with van der Waals surface area (Å²) in [5.74, 6) is 5.55. The van der Waals surface area contributed by atoms with Gasteiger partial charge in [0.1, 0.15) is 0 Å². The van der Waals surface area contributed by atoms with E-state index < -0.39 is 0 Å². The van der Waals surface area contributed by atoms with Crippen LogP contribution in [0.5, 0.6) is 0 Å². The summed E-state index contributed by atoms with van der Waals surface area (Å²) in [7, 11) is 1.71. The maximum atomic E-state index is 5.83. The lowest BCUT2D eigenvalue weighted by Crippen LogP contribution is -2.46. The molecule has 0 aliphatic carbocycles. The standard InChI is InChI=1S/C12H19ClN2O/c1-3-12(16-2)11(15-14)8-9-4-6-10(13)7-5-9/h4-7,11-12,15H,3,8,14H2,1-2H3. The van der Waals surface area contributed by atoms with Gasteiger partial charge in [0.2, 0.25) is 0 Å². The number of hydrogen-bond donors (Lipinski definition) is 2. The number of methoxy groups -OCH3 is 1. The second-order valence-electron chi connectivity index (χ2n) is 3.79. The van der Waals surface area contributed by atoms with Crippen LogP contribution < -0.4 is 11.3 Å². The van der Waals surface area contributed by atoms with Crippen molar-refractivity contribution in [3.8, 4) is 0 Å². The number of nitrogens with one attached hydrogen (secondary N) is 1. The maximum absolute atomic E-state index is 5.83. The zero-order valence-corrected chi connectivity index (χ0v) is 10.5. The molecule has 1 aromatic carbocycles. The molecule has 4 heteroatoms. The molecule has 3 N–H and O–H groups in total. The number of rotatable bonds is 6. The quantitative estimate of drug-likeness (QED) is 0.594. The fourth-order valence-corrected chi connectivity index (χ4v) is 1.91. The van der Waals surface area contributed by atoms with Crippen molar-refractivity contribution in [2.75, 3.05) is 7.11 Å². The molecular formula is C12H19ClN2O. The normalized spacial score (nSPS) is 14.8. The van der Waals surface area contributed by atoms with E-state index in [0.29, 0.717) is 0 Å². The van der Waals surface area contributed by atoms with Crippen LogP contribution in [-0.2, 0) is 11.2 Å². The molecule has 0 fully saturated rings. The highest BCUT2D eigenvalue weighted by Crippen LogP contribution is 2.13. The van der Waals surface area contributed by atoms with Crippen LogP contribution in [0.15, 0.2) is 24.3 Å². The van der Waals surface area contributed by atoms with Gasteiger partial charge in [-0.05, 0) is 30.5 Å². The number of benzene rings is 1. The lowest BCUT2D eigenvalue weighted by atomic mass is 10.0. The van der Waals surface area contributed by atoms with E-state index in [-0.39, 0.29) is 12.1 Å². The largest absolute Gasteiger partial charge is 0.380 e. The summed E-state index contributed by atoms with van der Waals surface area (Å²) in [6.45, 7) is 2.08. The molecule has 0 bridgehead atoms. The molecule has 0 saturated carbocycles. The second kappa shape index (κ2) is 6.86. The van der Waals surface area contributed by atoms with Crippen LogP contribution in [0.1, 0.15) is 18.9 Å². The first kappa shape index (κ1) is 13.5. The Morgan fingerprint density at radius 2 is 2.00 bits per heavy atom. The minimum atomic E-state index is 0.121. The van der Waals surface area contributed by atoms with Gasteiger partial charge in [-0.1, -0.05) is 30.7 Å². The molecule has 0 aliphatic rings. The molecule has 0 aromatic heterocycles. The predicted octanol–water partition coefficient (Wildman–Crippen LogP) is 2.14. The van der Waals surface area contributed by atoms with E-state index >= 15 is 0 Å². The van der Waals surface area contributed by atoms with E-state index in [1.54, 1.807) is 7.11 Å². The van der Waals surface area contributed by atoms with Crippen LogP contribution in [0, 0.1) is 0 Å². The molecule has 90 valence electrons. The van der Waals surface area contributed by atoms with Crippen molar-refractivity contribution in [2.24, 2.45) is 5.84 Å². The molecule has 0 aliphatic heterocycles. The topological polar surface area (TPSA) is 47.3 Å². The van der Waals surface area contributed by atoms with Crippen molar-refractivity contribution >= 4 is 11.6 Å². The van der Waals surface area contributed by atoms with E-state index in [0.717, 1.165) is 17.9 Å². The SMILES string of the molecule is CCC(OC)C(Cc1ccc(Cl)cc1)NN. The van der Waals surface area contributed by atoms with Gasteiger partial charge in [-0.25, -0.2) is 0 Å². The molecule has 0 amide bonds. The van der Waals surface area contributed by atoms with Crippen LogP contribution in [0.2, 0.25) is 5.02 Å². The van der Waals surface area contributed by atoms with Crippen LogP contribution >= 0.6 is 11.6 Å². The van der Waals surface area contributed by atoms with Crippen molar-refractivity contribution in [3.05, 3.63) is 34.9 Å². The molecule has 2 atom stereocenters. The Morgan fingerprint density at radius 1 is 1.38 bits per heavy atom. The Morgan fingerprint density at radius 3 is 2.44 bits per heavy atom. The first-order valence-electron chi connectivity index (χ1n) is 5.44. The fraction of sp³-hybridized carbons (Fsp3) is 0.500. The van der Waals surface area contributed by atoms with E-state index in [9.17, 15) is 0 Å². The number of hydrazine groups is 1. The Bertz CT molecular complexity index is 298. The number of hydrogen-bond acceptors (Lipinski definition) is 3. The third kappa shape index (κ3) is 3.76. The van der Waals surface area contributed by atoms with Gasteiger partial charge in [0, 0.05) is 12.1 Å². The Balaban J connectivity index is 2.65. The average Bonchev–Trinajstić information content (AvgIpc) is 2.32. The first-order chi connectivity index (χ1) is 7.71. The minimum absolute atomic E-state index is 0.121. The van der Waals surface area contributed by atoms with Crippen LogP contribution in [0.4, 0.5) is 0 Å². The zero-order chi connectivity index (χ0) is 12.0. The third-order valence-corrected chi connectivity index (χ3v) is 2.99. The van der Waals surface area contributed by atoms with Gasteiger partial charge in [-0.2, -0.15) is 0 Å². The van der Waals surface area contributed by atoms with Gasteiger partial charge in [0.25, 0.3) is 0 Å². The Kier molecular flexibility index (Phi) is 5.77. The van der Waals surface area contributed by atoms with Crippen molar-refractivity contribution in [1.29, 1.82) is 0 Å². The molecule has 3 nitrogen and oxygen atoms in total. The molecule has 0 saturated heterocycles. The highest BCUT2D eigenvalue weighted by atomic mass is 35.5. The first-order valence-corrected chi connectivity index (χ1v) is 5.82. The van der Waals surface area contributed by atoms with Gasteiger partial charge in [0.15, 0.2) is 0 Å². The van der Waals surface area contributed by atoms with Gasteiger partial charge in [-0.15, -0.1) is 0 Å². The summed E-state index contributed by atoms with van der Waals surface area (Å²) < 4.78 is 5.38. The average molecular weight is 243 g/mol. The van der Waals surface area contributed by atoms with Crippen molar-refractivity contribution in [3.63, 3.8) is 0 Å². The third-order valence-electron chi connectivity index (χ3n) is 2.74. The summed E-state index contributed by atoms with van der Waals surface area (Å²) in [6, 6.07) is 7.91. The summed E-state index contributed by atoms with van der Waals surface area (Å²) in [6.07, 6.45) is 1.89. The molecule has 0 heterocycles. The smallest absolute Gasteiger partial charge is 0.0738 e. The second-order valence-corrected chi connectivity index (χ2v) is 4.22. The lowest BCUT2D eigenvalue weighted by molar-refractivity contribution is 0.0653. The van der Waals surface area contributed by atoms with Crippen molar-refractivity contribution in [2.45, 2.75) is 31.9 Å². The molecule has 16 heavy (non-hydrogen) atoms. The van der Waals surface area contributed by atoms with Crippen molar-refractivity contribution in [1.82, 2.24) is 5.43 Å². The number of nitrogens with two attached hydrogens (primary N) is 1. The van der Waals surface area contributed by atoms with Crippen molar-refractivity contribution < 1.29 is 4.74 Å². The van der Waals surface area contributed by atoms with Crippen LogP contribution in [-0.4, -0.2) is 19.3 Å². The summed E-state index contributed by atoms with van der Waals surface area (Å²) >= 11 is 5.83. The highest BCUT2D eigenvalue weighted by molar-refractivity contribution is 6.30. The van der Waals surface area contributed by atoms with Crippen LogP contribution in [0.3, 0.4) is 0 Å². The maximum Gasteiger partial charge on any atom is 0.0738 e. The van der Waals surface area contributed by atoms with Gasteiger partial charge >= 0.3 is 0 Å². The van der Waals surface area contributed by atoms with E-state index in [4.69, 9.17) is 22.2 Å². The Labute approximate surface area is 102 Å². The van der Waals surface area contributed by atoms with Gasteiger partial charge in [-0.3, -0.25) is 11.3 Å². The number of halogens is 1. The molecule has 0 spiro atoms. The molecule has 1 aromatic rings. The molecule has 0 radical (unpaired) electrons. The lowest BCUT2D eigenvalue weighted by Gasteiger charge is -2.24. The zero-order valence-electron chi connectivity index (χ0n) is 9.74. The number of ether oxygens (including phenoxy) is 1. The predicted molar refractivity (Wildman–Crippen MR) is 67.4 cm³/mol.